The van der Waals surface area contributed by atoms with E-state index in [1.54, 1.807) is 0 Å². The summed E-state index contributed by atoms with van der Waals surface area (Å²) in [5.41, 5.74) is 1.27. The number of hydrogen-bond donors (Lipinski definition) is 1. The van der Waals surface area contributed by atoms with Crippen molar-refractivity contribution in [3.63, 3.8) is 0 Å². The molecular weight excluding hydrogens is 322 g/mol. The topological polar surface area (TPSA) is 63.2 Å². The molecule has 2 rings (SSSR count). The molecule has 0 aliphatic rings. The van der Waals surface area contributed by atoms with Gasteiger partial charge >= 0.3 is 0 Å². The van der Waals surface area contributed by atoms with Crippen molar-refractivity contribution in [2.45, 2.75) is 11.3 Å². The van der Waals surface area contributed by atoms with E-state index in [2.05, 4.69) is 5.32 Å². The normalized spacial score (nSPS) is 11.2. The largest absolute Gasteiger partial charge is 0.352 e. The Balaban J connectivity index is 2.06. The van der Waals surface area contributed by atoms with Gasteiger partial charge < -0.3 is 5.32 Å². The van der Waals surface area contributed by atoms with Gasteiger partial charge in [-0.15, -0.1) is 0 Å². The first-order valence-corrected chi connectivity index (χ1v) is 8.96. The van der Waals surface area contributed by atoms with Gasteiger partial charge in [0.15, 0.2) is 9.84 Å². The molecule has 0 saturated heterocycles. The lowest BCUT2D eigenvalue weighted by Crippen LogP contribution is -2.26. The molecule has 0 fully saturated rings. The lowest BCUT2D eigenvalue weighted by molar-refractivity contribution is 0.0954. The molecular formula is C16H16ClNO3S. The molecule has 1 N–H and O–H groups in total. The quantitative estimate of drug-likeness (QED) is 0.912. The standard InChI is InChI=1S/C16H16ClNO3S/c1-22(20,21)13-7-8-15(17)14(11-13)16(19)18-10-9-12-5-3-2-4-6-12/h2-8,11H,9-10H2,1H3,(H,18,19). The number of carbonyl (C=O) groups is 1. The van der Waals surface area contributed by atoms with Crippen molar-refractivity contribution in [1.82, 2.24) is 5.32 Å². The van der Waals surface area contributed by atoms with E-state index >= 15 is 0 Å². The molecule has 1 amide bonds. The molecule has 0 atom stereocenters. The highest BCUT2D eigenvalue weighted by Gasteiger charge is 2.15. The third kappa shape index (κ3) is 4.32. The maximum Gasteiger partial charge on any atom is 0.252 e. The summed E-state index contributed by atoms with van der Waals surface area (Å²) in [6.07, 6.45) is 1.78. The predicted octanol–water partition coefficient (Wildman–Crippen LogP) is 2.72. The second-order valence-electron chi connectivity index (χ2n) is 4.91. The van der Waals surface area contributed by atoms with Gasteiger partial charge in [0.2, 0.25) is 0 Å². The van der Waals surface area contributed by atoms with Crippen LogP contribution in [0.2, 0.25) is 5.02 Å². The zero-order valence-electron chi connectivity index (χ0n) is 12.0. The Labute approximate surface area is 135 Å². The number of amides is 1. The second kappa shape index (κ2) is 6.94. The minimum absolute atomic E-state index is 0.0742. The smallest absolute Gasteiger partial charge is 0.252 e. The highest BCUT2D eigenvalue weighted by Crippen LogP contribution is 2.20. The molecule has 0 radical (unpaired) electrons. The molecule has 0 aromatic heterocycles. The van der Waals surface area contributed by atoms with E-state index in [1.807, 2.05) is 30.3 Å². The number of hydrogen-bond acceptors (Lipinski definition) is 3. The van der Waals surface area contributed by atoms with Gasteiger partial charge in [-0.05, 0) is 30.2 Å². The Kier molecular flexibility index (Phi) is 5.21. The van der Waals surface area contributed by atoms with E-state index in [9.17, 15) is 13.2 Å². The minimum Gasteiger partial charge on any atom is -0.352 e. The summed E-state index contributed by atoms with van der Waals surface area (Å²) < 4.78 is 23.1. The fourth-order valence-electron chi connectivity index (χ4n) is 1.97. The number of rotatable bonds is 5. The summed E-state index contributed by atoms with van der Waals surface area (Å²) in [4.78, 5) is 12.2. The van der Waals surface area contributed by atoms with Crippen LogP contribution in [0.3, 0.4) is 0 Å². The van der Waals surface area contributed by atoms with Crippen molar-refractivity contribution in [3.05, 3.63) is 64.7 Å². The Morgan fingerprint density at radius 2 is 1.82 bits per heavy atom. The molecule has 0 aliphatic heterocycles. The maximum absolute atomic E-state index is 12.1. The summed E-state index contributed by atoms with van der Waals surface area (Å²) >= 11 is 5.98. The summed E-state index contributed by atoms with van der Waals surface area (Å²) in [6, 6.07) is 13.9. The molecule has 0 saturated carbocycles. The molecule has 0 aliphatic carbocycles. The van der Waals surface area contributed by atoms with Gasteiger partial charge in [0.05, 0.1) is 15.5 Å². The average molecular weight is 338 g/mol. The van der Waals surface area contributed by atoms with E-state index in [4.69, 9.17) is 11.6 Å². The van der Waals surface area contributed by atoms with E-state index < -0.39 is 9.84 Å². The Bertz CT molecular complexity index is 773. The van der Waals surface area contributed by atoms with Crippen molar-refractivity contribution in [2.75, 3.05) is 12.8 Å². The van der Waals surface area contributed by atoms with Crippen LogP contribution in [0.15, 0.2) is 53.4 Å². The van der Waals surface area contributed by atoms with Crippen molar-refractivity contribution in [2.24, 2.45) is 0 Å². The van der Waals surface area contributed by atoms with Crippen LogP contribution in [-0.2, 0) is 16.3 Å². The number of nitrogens with one attached hydrogen (secondary N) is 1. The lowest BCUT2D eigenvalue weighted by atomic mass is 10.1. The Morgan fingerprint density at radius 3 is 2.45 bits per heavy atom. The summed E-state index contributed by atoms with van der Waals surface area (Å²) in [7, 11) is -3.38. The van der Waals surface area contributed by atoms with Gasteiger partial charge in [0, 0.05) is 12.8 Å². The van der Waals surface area contributed by atoms with E-state index in [1.165, 1.54) is 18.2 Å². The van der Waals surface area contributed by atoms with Crippen LogP contribution in [0, 0.1) is 0 Å². The van der Waals surface area contributed by atoms with Crippen molar-refractivity contribution in [3.8, 4) is 0 Å². The predicted molar refractivity (Wildman–Crippen MR) is 87.0 cm³/mol. The van der Waals surface area contributed by atoms with Crippen LogP contribution in [0.1, 0.15) is 15.9 Å². The van der Waals surface area contributed by atoms with Crippen LogP contribution < -0.4 is 5.32 Å². The molecule has 0 spiro atoms. The van der Waals surface area contributed by atoms with Gasteiger partial charge in [-0.1, -0.05) is 41.9 Å². The lowest BCUT2D eigenvalue weighted by Gasteiger charge is -2.08. The van der Waals surface area contributed by atoms with E-state index in [-0.39, 0.29) is 21.4 Å². The molecule has 0 unspecified atom stereocenters. The number of halogens is 1. The summed E-state index contributed by atoms with van der Waals surface area (Å²) in [5, 5.41) is 2.98. The SMILES string of the molecule is CS(=O)(=O)c1ccc(Cl)c(C(=O)NCCc2ccccc2)c1. The highest BCUT2D eigenvalue weighted by molar-refractivity contribution is 7.90. The van der Waals surface area contributed by atoms with E-state index in [0.717, 1.165) is 11.8 Å². The van der Waals surface area contributed by atoms with Gasteiger partial charge in [0.1, 0.15) is 0 Å². The van der Waals surface area contributed by atoms with Crippen LogP contribution >= 0.6 is 11.6 Å². The van der Waals surface area contributed by atoms with Crippen LogP contribution in [0.5, 0.6) is 0 Å². The molecule has 22 heavy (non-hydrogen) atoms. The van der Waals surface area contributed by atoms with Crippen molar-refractivity contribution >= 4 is 27.3 Å². The number of carbonyl (C=O) groups excluding carboxylic acids is 1. The van der Waals surface area contributed by atoms with Gasteiger partial charge in [-0.25, -0.2) is 8.42 Å². The summed E-state index contributed by atoms with van der Waals surface area (Å²) in [5.74, 6) is -0.383. The van der Waals surface area contributed by atoms with Gasteiger partial charge in [-0.3, -0.25) is 4.79 Å². The number of sulfone groups is 1. The molecule has 0 heterocycles. The maximum atomic E-state index is 12.1. The third-order valence-corrected chi connectivity index (χ3v) is 4.59. The minimum atomic E-state index is -3.38. The Morgan fingerprint density at radius 1 is 1.14 bits per heavy atom. The first kappa shape index (κ1) is 16.5. The molecule has 2 aromatic carbocycles. The fourth-order valence-corrected chi connectivity index (χ4v) is 2.82. The van der Waals surface area contributed by atoms with Crippen molar-refractivity contribution in [1.29, 1.82) is 0 Å². The van der Waals surface area contributed by atoms with Crippen molar-refractivity contribution < 1.29 is 13.2 Å². The molecule has 4 nitrogen and oxygen atoms in total. The first-order chi connectivity index (χ1) is 10.4. The fraction of sp³-hybridized carbons (Fsp3) is 0.188. The highest BCUT2D eigenvalue weighted by atomic mass is 35.5. The third-order valence-electron chi connectivity index (χ3n) is 3.15. The van der Waals surface area contributed by atoms with E-state index in [0.29, 0.717) is 13.0 Å². The molecule has 116 valence electrons. The zero-order chi connectivity index (χ0) is 16.2. The molecule has 0 bridgehead atoms. The molecule has 6 heteroatoms. The zero-order valence-corrected chi connectivity index (χ0v) is 13.6. The average Bonchev–Trinajstić information content (AvgIpc) is 2.47. The second-order valence-corrected chi connectivity index (χ2v) is 7.33. The molecule has 2 aromatic rings. The number of benzene rings is 2. The van der Waals surface area contributed by atoms with Gasteiger partial charge in [0.25, 0.3) is 5.91 Å². The van der Waals surface area contributed by atoms with Crippen LogP contribution in [0.4, 0.5) is 0 Å². The van der Waals surface area contributed by atoms with Crippen LogP contribution in [-0.4, -0.2) is 27.1 Å². The first-order valence-electron chi connectivity index (χ1n) is 6.69. The van der Waals surface area contributed by atoms with Crippen LogP contribution in [0.25, 0.3) is 0 Å². The monoisotopic (exact) mass is 337 g/mol. The summed E-state index contributed by atoms with van der Waals surface area (Å²) in [6.45, 7) is 0.447. The Hall–Kier alpha value is -1.85. The van der Waals surface area contributed by atoms with Gasteiger partial charge in [-0.2, -0.15) is 0 Å².